The predicted octanol–water partition coefficient (Wildman–Crippen LogP) is 0.335. The molecule has 1 heterocycles. The van der Waals surface area contributed by atoms with Crippen LogP contribution < -0.4 is 10.1 Å². The van der Waals surface area contributed by atoms with Gasteiger partial charge in [-0.25, -0.2) is 0 Å². The molecule has 1 aliphatic heterocycles. The van der Waals surface area contributed by atoms with Crippen LogP contribution in [0.3, 0.4) is 0 Å². The SMILES string of the molecule is CN(CC(O)COc1ccccc1C(F)(F)F)C(=O)CN1CCNCC1=O. The Morgan fingerprint density at radius 1 is 1.41 bits per heavy atom. The van der Waals surface area contributed by atoms with E-state index >= 15 is 0 Å². The lowest BCUT2D eigenvalue weighted by molar-refractivity contribution is -0.141. The summed E-state index contributed by atoms with van der Waals surface area (Å²) in [5.41, 5.74) is -0.932. The average Bonchev–Trinajstić information content (AvgIpc) is 2.61. The van der Waals surface area contributed by atoms with Crippen LogP contribution in [-0.4, -0.2) is 79.2 Å². The number of hydrogen-bond donors (Lipinski definition) is 2. The standard InChI is InChI=1S/C17H22F3N3O4/c1-22(16(26)10-23-7-6-21-8-15(23)25)9-12(24)11-27-14-5-3-2-4-13(14)17(18,19)20/h2-5,12,21,24H,6-11H2,1H3. The smallest absolute Gasteiger partial charge is 0.419 e. The van der Waals surface area contributed by atoms with Crippen LogP contribution in [-0.2, 0) is 15.8 Å². The predicted molar refractivity (Wildman–Crippen MR) is 90.0 cm³/mol. The van der Waals surface area contributed by atoms with Crippen molar-refractivity contribution in [3.8, 4) is 5.75 Å². The first kappa shape index (κ1) is 21.0. The zero-order valence-electron chi connectivity index (χ0n) is 14.8. The second kappa shape index (κ2) is 9.05. The lowest BCUT2D eigenvalue weighted by atomic mass is 10.2. The molecule has 1 aromatic rings. The molecule has 10 heteroatoms. The Kier molecular flexibility index (Phi) is 7.03. The van der Waals surface area contributed by atoms with Gasteiger partial charge in [-0.1, -0.05) is 12.1 Å². The summed E-state index contributed by atoms with van der Waals surface area (Å²) in [5, 5.41) is 12.9. The molecule has 0 aliphatic carbocycles. The van der Waals surface area contributed by atoms with Gasteiger partial charge in [-0.3, -0.25) is 9.59 Å². The topological polar surface area (TPSA) is 82.1 Å². The Bertz CT molecular complexity index is 669. The van der Waals surface area contributed by atoms with E-state index in [0.29, 0.717) is 13.1 Å². The van der Waals surface area contributed by atoms with E-state index in [4.69, 9.17) is 4.74 Å². The summed E-state index contributed by atoms with van der Waals surface area (Å²) in [6, 6.07) is 4.70. The normalized spacial score (nSPS) is 16.2. The number of piperazine rings is 1. The molecule has 2 rings (SSSR count). The monoisotopic (exact) mass is 389 g/mol. The summed E-state index contributed by atoms with van der Waals surface area (Å²) in [7, 11) is 1.45. The molecule has 27 heavy (non-hydrogen) atoms. The van der Waals surface area contributed by atoms with Gasteiger partial charge in [0.05, 0.1) is 18.7 Å². The third-order valence-corrected chi connectivity index (χ3v) is 4.05. The molecular formula is C17H22F3N3O4. The summed E-state index contributed by atoms with van der Waals surface area (Å²) in [6.45, 7) is 0.536. The number of amides is 2. The van der Waals surface area contributed by atoms with Gasteiger partial charge in [0.1, 0.15) is 18.5 Å². The highest BCUT2D eigenvalue weighted by Crippen LogP contribution is 2.35. The van der Waals surface area contributed by atoms with E-state index in [2.05, 4.69) is 5.32 Å². The van der Waals surface area contributed by atoms with Crippen LogP contribution in [0.1, 0.15) is 5.56 Å². The number of halogens is 3. The second-order valence-corrected chi connectivity index (χ2v) is 6.23. The van der Waals surface area contributed by atoms with Gasteiger partial charge in [-0.2, -0.15) is 13.2 Å². The van der Waals surface area contributed by atoms with Gasteiger partial charge in [-0.15, -0.1) is 0 Å². The maximum atomic E-state index is 12.9. The summed E-state index contributed by atoms with van der Waals surface area (Å²) in [4.78, 5) is 26.5. The molecule has 150 valence electrons. The molecule has 1 saturated heterocycles. The Hall–Kier alpha value is -2.33. The third kappa shape index (κ3) is 6.10. The number of carbonyl (C=O) groups excluding carboxylic acids is 2. The summed E-state index contributed by atoms with van der Waals surface area (Å²) in [6.07, 6.45) is -5.75. The number of carbonyl (C=O) groups is 2. The van der Waals surface area contributed by atoms with Gasteiger partial charge in [0.15, 0.2) is 0 Å². The molecule has 1 atom stereocenters. The van der Waals surface area contributed by atoms with Crippen molar-refractivity contribution in [2.24, 2.45) is 0 Å². The van der Waals surface area contributed by atoms with E-state index in [1.54, 1.807) is 0 Å². The van der Waals surface area contributed by atoms with Crippen LogP contribution in [0.5, 0.6) is 5.75 Å². The molecule has 0 saturated carbocycles. The quantitative estimate of drug-likeness (QED) is 0.703. The fourth-order valence-corrected chi connectivity index (χ4v) is 2.58. The van der Waals surface area contributed by atoms with Crippen LogP contribution >= 0.6 is 0 Å². The maximum absolute atomic E-state index is 12.9. The summed E-state index contributed by atoms with van der Waals surface area (Å²) in [5.74, 6) is -0.944. The van der Waals surface area contributed by atoms with E-state index in [9.17, 15) is 27.9 Å². The third-order valence-electron chi connectivity index (χ3n) is 4.05. The van der Waals surface area contributed by atoms with Crippen molar-refractivity contribution in [1.29, 1.82) is 0 Å². The average molecular weight is 389 g/mol. The first-order valence-corrected chi connectivity index (χ1v) is 8.38. The number of alkyl halides is 3. The zero-order valence-corrected chi connectivity index (χ0v) is 14.8. The summed E-state index contributed by atoms with van der Waals surface area (Å²) < 4.78 is 43.8. The number of ether oxygens (including phenoxy) is 1. The Morgan fingerprint density at radius 2 is 2.11 bits per heavy atom. The number of rotatable bonds is 7. The number of para-hydroxylation sites is 1. The van der Waals surface area contributed by atoms with Crippen molar-refractivity contribution < 1.29 is 32.6 Å². The van der Waals surface area contributed by atoms with Crippen molar-refractivity contribution in [2.75, 3.05) is 46.4 Å². The maximum Gasteiger partial charge on any atom is 0.419 e. The second-order valence-electron chi connectivity index (χ2n) is 6.23. The molecular weight excluding hydrogens is 367 g/mol. The van der Waals surface area contributed by atoms with Gasteiger partial charge < -0.3 is 25.0 Å². The number of likely N-dealkylation sites (N-methyl/N-ethyl adjacent to an activating group) is 1. The van der Waals surface area contributed by atoms with Crippen molar-refractivity contribution in [2.45, 2.75) is 12.3 Å². The van der Waals surface area contributed by atoms with Crippen molar-refractivity contribution >= 4 is 11.8 Å². The first-order valence-electron chi connectivity index (χ1n) is 8.38. The van der Waals surface area contributed by atoms with E-state index in [1.165, 1.54) is 35.0 Å². The zero-order chi connectivity index (χ0) is 20.0. The minimum absolute atomic E-state index is 0.110. The van der Waals surface area contributed by atoms with Gasteiger partial charge in [0, 0.05) is 26.7 Å². The van der Waals surface area contributed by atoms with E-state index in [0.717, 1.165) is 6.07 Å². The molecule has 7 nitrogen and oxygen atoms in total. The number of nitrogens with zero attached hydrogens (tertiary/aromatic N) is 2. The minimum atomic E-state index is -4.57. The fraction of sp³-hybridized carbons (Fsp3) is 0.529. The van der Waals surface area contributed by atoms with Gasteiger partial charge >= 0.3 is 6.18 Å². The van der Waals surface area contributed by atoms with Crippen LogP contribution in [0.2, 0.25) is 0 Å². The molecule has 1 unspecified atom stereocenters. The number of benzene rings is 1. The molecule has 1 fully saturated rings. The molecule has 0 aromatic heterocycles. The van der Waals surface area contributed by atoms with Crippen LogP contribution in [0, 0.1) is 0 Å². The van der Waals surface area contributed by atoms with Crippen molar-refractivity contribution in [3.63, 3.8) is 0 Å². The number of aliphatic hydroxyl groups is 1. The number of nitrogens with one attached hydrogen (secondary N) is 1. The van der Waals surface area contributed by atoms with E-state index in [-0.39, 0.29) is 37.2 Å². The fourth-order valence-electron chi connectivity index (χ4n) is 2.58. The molecule has 0 bridgehead atoms. The van der Waals surface area contributed by atoms with Gasteiger partial charge in [-0.05, 0) is 12.1 Å². The lowest BCUT2D eigenvalue weighted by Crippen LogP contribution is -2.52. The number of aliphatic hydroxyl groups excluding tert-OH is 1. The molecule has 1 aliphatic rings. The lowest BCUT2D eigenvalue weighted by Gasteiger charge is -2.29. The van der Waals surface area contributed by atoms with Crippen molar-refractivity contribution in [3.05, 3.63) is 29.8 Å². The Morgan fingerprint density at radius 3 is 2.78 bits per heavy atom. The summed E-state index contributed by atoms with van der Waals surface area (Å²) >= 11 is 0. The highest BCUT2D eigenvalue weighted by Gasteiger charge is 2.34. The minimum Gasteiger partial charge on any atom is -0.490 e. The first-order chi connectivity index (χ1) is 12.7. The van der Waals surface area contributed by atoms with Gasteiger partial charge in [0.25, 0.3) is 0 Å². The van der Waals surface area contributed by atoms with E-state index < -0.39 is 24.5 Å². The molecule has 0 radical (unpaired) electrons. The van der Waals surface area contributed by atoms with Crippen molar-refractivity contribution in [1.82, 2.24) is 15.1 Å². The highest BCUT2D eigenvalue weighted by molar-refractivity contribution is 5.86. The number of hydrogen-bond acceptors (Lipinski definition) is 5. The highest BCUT2D eigenvalue weighted by atomic mass is 19.4. The molecule has 0 spiro atoms. The Labute approximate surface area is 154 Å². The molecule has 1 aromatic carbocycles. The van der Waals surface area contributed by atoms with Gasteiger partial charge in [0.2, 0.25) is 11.8 Å². The largest absolute Gasteiger partial charge is 0.490 e. The van der Waals surface area contributed by atoms with E-state index in [1.807, 2.05) is 0 Å². The van der Waals surface area contributed by atoms with Crippen LogP contribution in [0.4, 0.5) is 13.2 Å². The Balaban J connectivity index is 1.84. The van der Waals surface area contributed by atoms with Crippen LogP contribution in [0.15, 0.2) is 24.3 Å². The van der Waals surface area contributed by atoms with Crippen LogP contribution in [0.25, 0.3) is 0 Å². The molecule has 2 amide bonds. The molecule has 2 N–H and O–H groups in total.